The predicted molar refractivity (Wildman–Crippen MR) is 100 cm³/mol. The van der Waals surface area contributed by atoms with Gasteiger partial charge in [0.25, 0.3) is 5.91 Å². The first-order valence-corrected chi connectivity index (χ1v) is 8.49. The van der Waals surface area contributed by atoms with E-state index >= 15 is 0 Å². The van der Waals surface area contributed by atoms with Crippen LogP contribution in [0.4, 0.5) is 18.9 Å². The molecule has 2 aromatic carbocycles. The fraction of sp³-hybridized carbons (Fsp3) is 0.158. The van der Waals surface area contributed by atoms with Gasteiger partial charge >= 0.3 is 6.36 Å². The van der Waals surface area contributed by atoms with Crippen LogP contribution in [0.15, 0.2) is 54.2 Å². The zero-order chi connectivity index (χ0) is 19.6. The van der Waals surface area contributed by atoms with E-state index in [0.717, 1.165) is 24.1 Å². The number of thiocarbonyl (C=S) groups is 1. The first-order chi connectivity index (χ1) is 12.8. The van der Waals surface area contributed by atoms with Gasteiger partial charge in [-0.25, -0.2) is 0 Å². The largest absolute Gasteiger partial charge is 0.573 e. The summed E-state index contributed by atoms with van der Waals surface area (Å²) in [5.74, 6) is -0.757. The standard InChI is InChI=1S/C19H15F3N2O2S/c1-2-12-3-5-13(6-4-12)11-16-17(25)24(18(27)23-16)14-7-9-15(10-8-14)26-19(20,21)22/h3-11H,2H2,1H3,(H,23,27)/b16-11-. The minimum absolute atomic E-state index is 0.154. The van der Waals surface area contributed by atoms with Crippen molar-refractivity contribution >= 4 is 35.0 Å². The summed E-state index contributed by atoms with van der Waals surface area (Å²) in [6.45, 7) is 2.05. The highest BCUT2D eigenvalue weighted by molar-refractivity contribution is 7.80. The molecule has 1 fully saturated rings. The van der Waals surface area contributed by atoms with Crippen molar-refractivity contribution in [2.45, 2.75) is 19.7 Å². The number of alkyl halides is 3. The molecule has 0 spiro atoms. The van der Waals surface area contributed by atoms with Gasteiger partial charge in [0.05, 0.1) is 5.69 Å². The maximum atomic E-state index is 12.7. The van der Waals surface area contributed by atoms with Gasteiger partial charge in [0.1, 0.15) is 11.4 Å². The molecule has 0 atom stereocenters. The Hall–Kier alpha value is -2.87. The maximum absolute atomic E-state index is 12.7. The van der Waals surface area contributed by atoms with Crippen molar-refractivity contribution < 1.29 is 22.7 Å². The third-order valence-electron chi connectivity index (χ3n) is 3.91. The Labute approximate surface area is 159 Å². The van der Waals surface area contributed by atoms with Crippen LogP contribution in [0.3, 0.4) is 0 Å². The van der Waals surface area contributed by atoms with Crippen LogP contribution in [0.5, 0.6) is 5.75 Å². The van der Waals surface area contributed by atoms with Crippen LogP contribution < -0.4 is 15.0 Å². The third kappa shape index (κ3) is 4.46. The van der Waals surface area contributed by atoms with Gasteiger partial charge in [-0.15, -0.1) is 13.2 Å². The normalized spacial score (nSPS) is 16.0. The number of carbonyl (C=O) groups excluding carboxylic acids is 1. The number of rotatable bonds is 4. The number of aryl methyl sites for hydroxylation is 1. The zero-order valence-electron chi connectivity index (χ0n) is 14.2. The van der Waals surface area contributed by atoms with Gasteiger partial charge in [0.15, 0.2) is 5.11 Å². The van der Waals surface area contributed by atoms with E-state index in [2.05, 4.69) is 17.0 Å². The number of hydrogen-bond donors (Lipinski definition) is 1. The van der Waals surface area contributed by atoms with Gasteiger partial charge in [0, 0.05) is 0 Å². The number of nitrogens with zero attached hydrogens (tertiary/aromatic N) is 1. The summed E-state index contributed by atoms with van der Waals surface area (Å²) in [7, 11) is 0. The molecular formula is C19H15F3N2O2S. The molecule has 0 saturated carbocycles. The lowest BCUT2D eigenvalue weighted by Crippen LogP contribution is -2.30. The van der Waals surface area contributed by atoms with Crippen molar-refractivity contribution in [2.75, 3.05) is 4.90 Å². The number of amides is 1. The molecule has 1 amide bonds. The summed E-state index contributed by atoms with van der Waals surface area (Å²) >= 11 is 5.19. The zero-order valence-corrected chi connectivity index (χ0v) is 15.0. The molecule has 0 aromatic heterocycles. The third-order valence-corrected chi connectivity index (χ3v) is 4.19. The number of ether oxygens (including phenoxy) is 1. The van der Waals surface area contributed by atoms with Crippen molar-refractivity contribution in [1.29, 1.82) is 0 Å². The average Bonchev–Trinajstić information content (AvgIpc) is 2.89. The van der Waals surface area contributed by atoms with E-state index in [1.165, 1.54) is 22.6 Å². The fourth-order valence-electron chi connectivity index (χ4n) is 2.58. The first-order valence-electron chi connectivity index (χ1n) is 8.09. The molecule has 0 aliphatic carbocycles. The van der Waals surface area contributed by atoms with Gasteiger partial charge in [-0.1, -0.05) is 31.2 Å². The van der Waals surface area contributed by atoms with Gasteiger partial charge in [-0.2, -0.15) is 0 Å². The first kappa shape index (κ1) is 18.9. The van der Waals surface area contributed by atoms with Gasteiger partial charge in [-0.3, -0.25) is 9.69 Å². The summed E-state index contributed by atoms with van der Waals surface area (Å²) in [4.78, 5) is 13.9. The summed E-state index contributed by atoms with van der Waals surface area (Å²) in [6.07, 6.45) is -2.18. The smallest absolute Gasteiger partial charge is 0.406 e. The Morgan fingerprint density at radius 2 is 1.74 bits per heavy atom. The second-order valence-corrected chi connectivity index (χ2v) is 6.15. The van der Waals surface area contributed by atoms with E-state index in [1.54, 1.807) is 6.08 Å². The van der Waals surface area contributed by atoms with Crippen LogP contribution in [-0.4, -0.2) is 17.4 Å². The summed E-state index contributed by atoms with van der Waals surface area (Å²) in [6, 6.07) is 12.7. The molecule has 4 nitrogen and oxygen atoms in total. The van der Waals surface area contributed by atoms with Crippen LogP contribution in [0.1, 0.15) is 18.1 Å². The molecule has 1 aliphatic heterocycles. The Morgan fingerprint density at radius 3 is 2.30 bits per heavy atom. The molecule has 140 valence electrons. The molecule has 1 saturated heterocycles. The molecule has 1 N–H and O–H groups in total. The topological polar surface area (TPSA) is 41.6 Å². The average molecular weight is 392 g/mol. The molecule has 8 heteroatoms. The highest BCUT2D eigenvalue weighted by Gasteiger charge is 2.33. The Kier molecular flexibility index (Phi) is 5.18. The van der Waals surface area contributed by atoms with Crippen molar-refractivity contribution in [3.8, 4) is 5.75 Å². The molecule has 1 aliphatic rings. The molecule has 2 aromatic rings. The SMILES string of the molecule is CCc1ccc(/C=C2\NC(=S)N(c3ccc(OC(F)(F)F)cc3)C2=O)cc1. The molecule has 0 bridgehead atoms. The van der Waals surface area contributed by atoms with E-state index in [1.807, 2.05) is 24.3 Å². The van der Waals surface area contributed by atoms with Crippen LogP contribution in [0.25, 0.3) is 6.08 Å². The van der Waals surface area contributed by atoms with Crippen molar-refractivity contribution in [2.24, 2.45) is 0 Å². The van der Waals surface area contributed by atoms with Crippen LogP contribution in [-0.2, 0) is 11.2 Å². The lowest BCUT2D eigenvalue weighted by atomic mass is 10.1. The molecule has 1 heterocycles. The number of hydrogen-bond acceptors (Lipinski definition) is 3. The highest BCUT2D eigenvalue weighted by Crippen LogP contribution is 2.27. The Bertz CT molecular complexity index is 891. The second kappa shape index (κ2) is 7.40. The number of benzene rings is 2. The number of halogens is 3. The van der Waals surface area contributed by atoms with E-state index < -0.39 is 6.36 Å². The Balaban J connectivity index is 1.80. The van der Waals surface area contributed by atoms with Crippen LogP contribution in [0, 0.1) is 0 Å². The number of carbonyl (C=O) groups is 1. The highest BCUT2D eigenvalue weighted by atomic mass is 32.1. The summed E-state index contributed by atoms with van der Waals surface area (Å²) in [5, 5.41) is 2.99. The lowest BCUT2D eigenvalue weighted by molar-refractivity contribution is -0.274. The van der Waals surface area contributed by atoms with Crippen molar-refractivity contribution in [3.05, 3.63) is 65.4 Å². The van der Waals surface area contributed by atoms with E-state index in [-0.39, 0.29) is 16.8 Å². The monoisotopic (exact) mass is 392 g/mol. The fourth-order valence-corrected chi connectivity index (χ4v) is 2.88. The van der Waals surface area contributed by atoms with Gasteiger partial charge in [0.2, 0.25) is 0 Å². The van der Waals surface area contributed by atoms with Crippen LogP contribution >= 0.6 is 12.2 Å². The maximum Gasteiger partial charge on any atom is 0.573 e. The predicted octanol–water partition coefficient (Wildman–Crippen LogP) is 4.41. The minimum atomic E-state index is -4.77. The van der Waals surface area contributed by atoms with Crippen molar-refractivity contribution in [3.63, 3.8) is 0 Å². The summed E-state index contributed by atoms with van der Waals surface area (Å²) < 4.78 is 40.6. The second-order valence-electron chi connectivity index (χ2n) is 5.77. The van der Waals surface area contributed by atoms with E-state index in [9.17, 15) is 18.0 Å². The Morgan fingerprint density at radius 1 is 1.11 bits per heavy atom. The molecule has 27 heavy (non-hydrogen) atoms. The molecular weight excluding hydrogens is 377 g/mol. The minimum Gasteiger partial charge on any atom is -0.406 e. The number of anilines is 1. The van der Waals surface area contributed by atoms with E-state index in [0.29, 0.717) is 11.4 Å². The summed E-state index contributed by atoms with van der Waals surface area (Å²) in [5.41, 5.74) is 2.65. The molecule has 3 rings (SSSR count). The number of nitrogens with one attached hydrogen (secondary N) is 1. The molecule has 0 radical (unpaired) electrons. The molecule has 0 unspecified atom stereocenters. The van der Waals surface area contributed by atoms with Crippen molar-refractivity contribution in [1.82, 2.24) is 5.32 Å². The van der Waals surface area contributed by atoms with Crippen LogP contribution in [0.2, 0.25) is 0 Å². The van der Waals surface area contributed by atoms with Gasteiger partial charge in [-0.05, 0) is 60.1 Å². The lowest BCUT2D eigenvalue weighted by Gasteiger charge is -2.15. The van der Waals surface area contributed by atoms with E-state index in [4.69, 9.17) is 12.2 Å². The van der Waals surface area contributed by atoms with Gasteiger partial charge < -0.3 is 10.1 Å². The quantitative estimate of drug-likeness (QED) is 0.618.